The number of para-hydroxylation sites is 1. The monoisotopic (exact) mass is 485 g/mol. The van der Waals surface area contributed by atoms with Crippen molar-refractivity contribution in [2.45, 2.75) is 45.9 Å². The molecule has 6 nitrogen and oxygen atoms in total. The summed E-state index contributed by atoms with van der Waals surface area (Å²) in [5.41, 5.74) is 2.57. The molecule has 1 fully saturated rings. The smallest absolute Gasteiger partial charge is 0.295 e. The number of methoxy groups -OCH3 is 1. The second-order valence-corrected chi connectivity index (χ2v) is 9.89. The highest BCUT2D eigenvalue weighted by Crippen LogP contribution is 2.41. The van der Waals surface area contributed by atoms with E-state index in [2.05, 4.69) is 0 Å². The Morgan fingerprint density at radius 2 is 1.67 bits per heavy atom. The maximum Gasteiger partial charge on any atom is 0.295 e. The van der Waals surface area contributed by atoms with Crippen molar-refractivity contribution in [3.8, 4) is 11.5 Å². The summed E-state index contributed by atoms with van der Waals surface area (Å²) in [6.07, 6.45) is 0. The minimum Gasteiger partial charge on any atom is -0.507 e. The van der Waals surface area contributed by atoms with Gasteiger partial charge in [0.15, 0.2) is 0 Å². The number of ether oxygens (including phenoxy) is 2. The van der Waals surface area contributed by atoms with Crippen molar-refractivity contribution in [3.63, 3.8) is 0 Å². The number of carbonyl (C=O) groups excluding carboxylic acids is 2. The molecule has 4 rings (SSSR count). The van der Waals surface area contributed by atoms with Gasteiger partial charge in [0.1, 0.15) is 22.9 Å². The first-order valence-corrected chi connectivity index (χ1v) is 11.9. The molecular formula is C30H31NO5. The fourth-order valence-electron chi connectivity index (χ4n) is 4.38. The first-order valence-electron chi connectivity index (χ1n) is 11.9. The van der Waals surface area contributed by atoms with Crippen LogP contribution in [0.3, 0.4) is 0 Å². The molecule has 1 saturated heterocycles. The van der Waals surface area contributed by atoms with Crippen LogP contribution in [0.5, 0.6) is 11.5 Å². The number of nitrogens with zero attached hydrogens (tertiary/aromatic N) is 1. The van der Waals surface area contributed by atoms with Gasteiger partial charge < -0.3 is 19.5 Å². The second kappa shape index (κ2) is 9.90. The Kier molecular flexibility index (Phi) is 6.88. The van der Waals surface area contributed by atoms with Gasteiger partial charge in [-0.15, -0.1) is 0 Å². The fourth-order valence-corrected chi connectivity index (χ4v) is 4.38. The molecule has 1 heterocycles. The van der Waals surface area contributed by atoms with Gasteiger partial charge in [-0.1, -0.05) is 48.0 Å². The number of likely N-dealkylation sites (tertiary alicyclic amines) is 1. The molecule has 0 bridgehead atoms. The quantitative estimate of drug-likeness (QED) is 0.271. The summed E-state index contributed by atoms with van der Waals surface area (Å²) in [5, 5.41) is 11.3. The summed E-state index contributed by atoms with van der Waals surface area (Å²) in [6, 6.07) is 21.1. The van der Waals surface area contributed by atoms with Gasteiger partial charge in [0.25, 0.3) is 11.7 Å². The molecule has 6 heteroatoms. The zero-order valence-electron chi connectivity index (χ0n) is 21.2. The van der Waals surface area contributed by atoms with Crippen molar-refractivity contribution in [1.82, 2.24) is 4.90 Å². The molecule has 0 saturated carbocycles. The van der Waals surface area contributed by atoms with Crippen LogP contribution in [0.15, 0.2) is 78.4 Å². The minimum atomic E-state index is -0.755. The molecule has 0 aliphatic carbocycles. The molecule has 1 amide bonds. The van der Waals surface area contributed by atoms with Crippen LogP contribution in [0, 0.1) is 6.92 Å². The van der Waals surface area contributed by atoms with E-state index in [9.17, 15) is 14.7 Å². The number of ketones is 1. The van der Waals surface area contributed by atoms with Crippen LogP contribution in [0.1, 0.15) is 49.1 Å². The van der Waals surface area contributed by atoms with Crippen LogP contribution < -0.4 is 9.47 Å². The van der Waals surface area contributed by atoms with Crippen LogP contribution in [-0.4, -0.2) is 34.4 Å². The zero-order chi connectivity index (χ0) is 26.0. The van der Waals surface area contributed by atoms with Crippen LogP contribution >= 0.6 is 0 Å². The number of aryl methyl sites for hydroxylation is 1. The third kappa shape index (κ3) is 5.13. The van der Waals surface area contributed by atoms with E-state index in [1.165, 1.54) is 4.90 Å². The van der Waals surface area contributed by atoms with E-state index in [0.717, 1.165) is 16.7 Å². The lowest BCUT2D eigenvalue weighted by molar-refractivity contribution is -0.140. The summed E-state index contributed by atoms with van der Waals surface area (Å²) in [4.78, 5) is 28.3. The number of carbonyl (C=O) groups is 2. The zero-order valence-corrected chi connectivity index (χ0v) is 21.2. The van der Waals surface area contributed by atoms with Gasteiger partial charge >= 0.3 is 0 Å². The summed E-state index contributed by atoms with van der Waals surface area (Å²) in [6.45, 7) is 7.97. The van der Waals surface area contributed by atoms with Gasteiger partial charge in [-0.2, -0.15) is 0 Å². The Bertz CT molecular complexity index is 1320. The molecule has 1 aliphatic rings. The van der Waals surface area contributed by atoms with Crippen molar-refractivity contribution < 1.29 is 24.2 Å². The lowest BCUT2D eigenvalue weighted by Gasteiger charge is -2.28. The number of amides is 1. The molecule has 186 valence electrons. The number of rotatable bonds is 6. The molecular weight excluding hydrogens is 454 g/mol. The van der Waals surface area contributed by atoms with Crippen molar-refractivity contribution in [1.29, 1.82) is 0 Å². The second-order valence-electron chi connectivity index (χ2n) is 9.89. The average molecular weight is 486 g/mol. The van der Waals surface area contributed by atoms with Crippen LogP contribution in [0.4, 0.5) is 0 Å². The molecule has 1 aliphatic heterocycles. The van der Waals surface area contributed by atoms with E-state index in [0.29, 0.717) is 17.1 Å². The van der Waals surface area contributed by atoms with E-state index in [1.807, 2.05) is 76.2 Å². The molecule has 3 aromatic carbocycles. The SMILES string of the molecule is COc1ccc(/C(O)=C2\C(=O)C(=O)N(Cc3ccccc3OC(C)(C)C)C2c2cccc(C)c2)cc1. The van der Waals surface area contributed by atoms with Crippen molar-refractivity contribution in [2.75, 3.05) is 7.11 Å². The summed E-state index contributed by atoms with van der Waals surface area (Å²) >= 11 is 0. The Balaban J connectivity index is 1.84. The minimum absolute atomic E-state index is 0.0602. The van der Waals surface area contributed by atoms with Crippen LogP contribution in [0.25, 0.3) is 5.76 Å². The number of aliphatic hydroxyl groups is 1. The Hall–Kier alpha value is -4.06. The summed E-state index contributed by atoms with van der Waals surface area (Å²) < 4.78 is 11.3. The van der Waals surface area contributed by atoms with Crippen LogP contribution in [0.2, 0.25) is 0 Å². The van der Waals surface area contributed by atoms with Crippen molar-refractivity contribution in [2.24, 2.45) is 0 Å². The van der Waals surface area contributed by atoms with E-state index in [1.54, 1.807) is 31.4 Å². The molecule has 1 atom stereocenters. The molecule has 1 unspecified atom stereocenters. The predicted molar refractivity (Wildman–Crippen MR) is 139 cm³/mol. The Morgan fingerprint density at radius 3 is 2.31 bits per heavy atom. The van der Waals surface area contributed by atoms with Gasteiger partial charge in [-0.3, -0.25) is 9.59 Å². The third-order valence-corrected chi connectivity index (χ3v) is 5.99. The fraction of sp³-hybridized carbons (Fsp3) is 0.267. The van der Waals surface area contributed by atoms with Gasteiger partial charge in [-0.25, -0.2) is 0 Å². The van der Waals surface area contributed by atoms with Gasteiger partial charge in [0, 0.05) is 11.1 Å². The normalized spacial score (nSPS) is 17.4. The molecule has 0 radical (unpaired) electrons. The summed E-state index contributed by atoms with van der Waals surface area (Å²) in [5.74, 6) is -0.335. The maximum atomic E-state index is 13.4. The molecule has 3 aromatic rings. The third-order valence-electron chi connectivity index (χ3n) is 5.99. The number of aliphatic hydroxyl groups excluding tert-OH is 1. The maximum absolute atomic E-state index is 13.4. The van der Waals surface area contributed by atoms with E-state index in [-0.39, 0.29) is 17.9 Å². The van der Waals surface area contributed by atoms with Gasteiger partial charge in [-0.05, 0) is 63.6 Å². The largest absolute Gasteiger partial charge is 0.507 e. The lowest BCUT2D eigenvalue weighted by atomic mass is 9.94. The van der Waals surface area contributed by atoms with E-state index >= 15 is 0 Å². The molecule has 0 spiro atoms. The Morgan fingerprint density at radius 1 is 0.972 bits per heavy atom. The highest BCUT2D eigenvalue weighted by Gasteiger charge is 2.46. The van der Waals surface area contributed by atoms with Gasteiger partial charge in [0.2, 0.25) is 0 Å². The number of benzene rings is 3. The van der Waals surface area contributed by atoms with Crippen molar-refractivity contribution in [3.05, 3.63) is 101 Å². The molecule has 36 heavy (non-hydrogen) atoms. The standard InChI is InChI=1S/C30H31NO5/c1-19-9-8-11-21(17-19)26-25(27(32)20-13-15-23(35-5)16-14-20)28(33)29(34)31(26)18-22-10-6-7-12-24(22)36-30(2,3)4/h6-17,26,32H,18H2,1-5H3/b27-25+. The summed E-state index contributed by atoms with van der Waals surface area (Å²) in [7, 11) is 1.55. The Labute approximate surface area is 211 Å². The van der Waals surface area contributed by atoms with Gasteiger partial charge in [0.05, 0.1) is 25.3 Å². The number of Topliss-reactive ketones (excluding diaryl/α,β-unsaturated/α-hetero) is 1. The predicted octanol–water partition coefficient (Wildman–Crippen LogP) is 5.80. The average Bonchev–Trinajstić information content (AvgIpc) is 3.09. The lowest BCUT2D eigenvalue weighted by Crippen LogP contribution is -2.30. The molecule has 0 aromatic heterocycles. The first kappa shape index (κ1) is 25.0. The number of hydrogen-bond donors (Lipinski definition) is 1. The van der Waals surface area contributed by atoms with E-state index in [4.69, 9.17) is 9.47 Å². The molecule has 1 N–H and O–H groups in total. The highest BCUT2D eigenvalue weighted by molar-refractivity contribution is 6.46. The highest BCUT2D eigenvalue weighted by atomic mass is 16.5. The van der Waals surface area contributed by atoms with E-state index < -0.39 is 23.3 Å². The topological polar surface area (TPSA) is 76.1 Å². The number of hydrogen-bond acceptors (Lipinski definition) is 5. The van der Waals surface area contributed by atoms with Crippen LogP contribution in [-0.2, 0) is 16.1 Å². The first-order chi connectivity index (χ1) is 17.1. The van der Waals surface area contributed by atoms with Crippen molar-refractivity contribution >= 4 is 17.4 Å².